The molecule has 1 aromatic rings. The zero-order valence-electron chi connectivity index (χ0n) is 9.68. The molecule has 0 amide bonds. The van der Waals surface area contributed by atoms with Crippen LogP contribution in [0.3, 0.4) is 0 Å². The van der Waals surface area contributed by atoms with Gasteiger partial charge in [-0.15, -0.1) is 0 Å². The van der Waals surface area contributed by atoms with Gasteiger partial charge in [0.25, 0.3) is 0 Å². The zero-order valence-corrected chi connectivity index (χ0v) is 10.5. The summed E-state index contributed by atoms with van der Waals surface area (Å²) in [6.45, 7) is 4.72. The fraction of sp³-hybridized carbons (Fsp3) is 0.500. The summed E-state index contributed by atoms with van der Waals surface area (Å²) in [6.07, 6.45) is 2.00. The van der Waals surface area contributed by atoms with E-state index < -0.39 is 10.0 Å². The van der Waals surface area contributed by atoms with Gasteiger partial charge in [0.15, 0.2) is 0 Å². The molecule has 2 rings (SSSR count). The van der Waals surface area contributed by atoms with Gasteiger partial charge in [0.1, 0.15) is 0 Å². The van der Waals surface area contributed by atoms with Crippen LogP contribution in [0.15, 0.2) is 29.2 Å². The van der Waals surface area contributed by atoms with Crippen molar-refractivity contribution in [1.29, 1.82) is 0 Å². The summed E-state index contributed by atoms with van der Waals surface area (Å²) >= 11 is 0. The second-order valence-electron chi connectivity index (χ2n) is 4.33. The predicted molar refractivity (Wildman–Crippen MR) is 63.8 cm³/mol. The highest BCUT2D eigenvalue weighted by atomic mass is 32.2. The second-order valence-corrected chi connectivity index (χ2v) is 6.22. The van der Waals surface area contributed by atoms with Crippen LogP contribution in [0.2, 0.25) is 0 Å². The van der Waals surface area contributed by atoms with Crippen molar-refractivity contribution in [2.45, 2.75) is 37.6 Å². The van der Waals surface area contributed by atoms with Crippen LogP contribution in [-0.4, -0.2) is 25.3 Å². The van der Waals surface area contributed by atoms with Crippen molar-refractivity contribution in [1.82, 2.24) is 4.31 Å². The molecule has 2 atom stereocenters. The standard InChI is InChI=1S/C12H17NO2S/c1-3-4-11-9-13(11)16(14,15)12-7-5-10(2)6-8-12/h5-8,11H,3-4,9H2,1-2H3/t11-,13?/m0/s1. The molecule has 4 heteroatoms. The van der Waals surface area contributed by atoms with Crippen molar-refractivity contribution in [3.8, 4) is 0 Å². The number of benzene rings is 1. The van der Waals surface area contributed by atoms with Crippen LogP contribution in [-0.2, 0) is 10.0 Å². The lowest BCUT2D eigenvalue weighted by molar-refractivity contribution is 0.546. The van der Waals surface area contributed by atoms with E-state index in [-0.39, 0.29) is 6.04 Å². The van der Waals surface area contributed by atoms with E-state index in [1.54, 1.807) is 16.4 Å². The Balaban J connectivity index is 2.18. The SMILES string of the molecule is CCC[C@H]1CN1S(=O)(=O)c1ccc(C)cc1. The average Bonchev–Trinajstić information content (AvgIpc) is 2.99. The number of rotatable bonds is 4. The fourth-order valence-corrected chi connectivity index (χ4v) is 3.49. The zero-order chi connectivity index (χ0) is 11.8. The van der Waals surface area contributed by atoms with Gasteiger partial charge in [-0.3, -0.25) is 0 Å². The van der Waals surface area contributed by atoms with Crippen LogP contribution in [0.5, 0.6) is 0 Å². The quantitative estimate of drug-likeness (QED) is 0.755. The van der Waals surface area contributed by atoms with E-state index in [1.807, 2.05) is 19.1 Å². The highest BCUT2D eigenvalue weighted by molar-refractivity contribution is 7.89. The number of aryl methyl sites for hydroxylation is 1. The summed E-state index contributed by atoms with van der Waals surface area (Å²) in [4.78, 5) is 0.414. The van der Waals surface area contributed by atoms with Crippen LogP contribution in [0.25, 0.3) is 0 Å². The fourth-order valence-electron chi connectivity index (χ4n) is 1.87. The molecule has 1 aliphatic heterocycles. The maximum absolute atomic E-state index is 12.1. The monoisotopic (exact) mass is 239 g/mol. The Kier molecular flexibility index (Phi) is 3.04. The Morgan fingerprint density at radius 1 is 1.31 bits per heavy atom. The molecule has 0 aliphatic carbocycles. The first-order valence-corrected chi connectivity index (χ1v) is 7.08. The lowest BCUT2D eigenvalue weighted by Gasteiger charge is -2.06. The molecule has 16 heavy (non-hydrogen) atoms. The molecular weight excluding hydrogens is 222 g/mol. The average molecular weight is 239 g/mol. The molecule has 1 aromatic carbocycles. The normalized spacial score (nSPS) is 24.4. The van der Waals surface area contributed by atoms with Crippen molar-refractivity contribution in [3.63, 3.8) is 0 Å². The van der Waals surface area contributed by atoms with Gasteiger partial charge < -0.3 is 0 Å². The van der Waals surface area contributed by atoms with Crippen molar-refractivity contribution in [2.24, 2.45) is 0 Å². The summed E-state index contributed by atoms with van der Waals surface area (Å²) in [5.74, 6) is 0. The van der Waals surface area contributed by atoms with Gasteiger partial charge in [-0.25, -0.2) is 8.42 Å². The molecule has 0 bridgehead atoms. The van der Waals surface area contributed by atoms with Crippen LogP contribution >= 0.6 is 0 Å². The molecule has 1 saturated heterocycles. The first-order valence-electron chi connectivity index (χ1n) is 5.64. The topological polar surface area (TPSA) is 37.1 Å². The number of hydrogen-bond donors (Lipinski definition) is 0. The Morgan fingerprint density at radius 3 is 2.50 bits per heavy atom. The third-order valence-corrected chi connectivity index (χ3v) is 4.85. The van der Waals surface area contributed by atoms with E-state index in [9.17, 15) is 8.42 Å². The lowest BCUT2D eigenvalue weighted by atomic mass is 10.2. The Morgan fingerprint density at radius 2 is 1.94 bits per heavy atom. The Hall–Kier alpha value is -0.870. The summed E-state index contributed by atoms with van der Waals surface area (Å²) in [5.41, 5.74) is 1.08. The second kappa shape index (κ2) is 4.18. The van der Waals surface area contributed by atoms with Crippen molar-refractivity contribution < 1.29 is 8.42 Å². The molecule has 0 saturated carbocycles. The van der Waals surface area contributed by atoms with Crippen LogP contribution in [0, 0.1) is 6.92 Å². The summed E-state index contributed by atoms with van der Waals surface area (Å²) in [7, 11) is -3.22. The largest absolute Gasteiger partial charge is 0.243 e. The third kappa shape index (κ3) is 2.13. The summed E-state index contributed by atoms with van der Waals surface area (Å²) < 4.78 is 25.8. The molecule has 3 nitrogen and oxygen atoms in total. The molecule has 0 radical (unpaired) electrons. The lowest BCUT2D eigenvalue weighted by Crippen LogP contribution is -2.14. The first kappa shape index (κ1) is 11.6. The van der Waals surface area contributed by atoms with Crippen LogP contribution in [0.1, 0.15) is 25.3 Å². The molecule has 1 fully saturated rings. The molecule has 0 aromatic heterocycles. The maximum Gasteiger partial charge on any atom is 0.243 e. The van der Waals surface area contributed by atoms with E-state index in [4.69, 9.17) is 0 Å². The van der Waals surface area contributed by atoms with E-state index in [0.717, 1.165) is 18.4 Å². The summed E-state index contributed by atoms with van der Waals surface area (Å²) in [6, 6.07) is 7.28. The Labute approximate surface area is 97.1 Å². The third-order valence-electron chi connectivity index (χ3n) is 2.91. The van der Waals surface area contributed by atoms with E-state index in [0.29, 0.717) is 11.4 Å². The van der Waals surface area contributed by atoms with Crippen molar-refractivity contribution >= 4 is 10.0 Å². The van der Waals surface area contributed by atoms with Gasteiger partial charge in [-0.05, 0) is 25.5 Å². The molecule has 88 valence electrons. The van der Waals surface area contributed by atoms with E-state index in [2.05, 4.69) is 6.92 Å². The highest BCUT2D eigenvalue weighted by Gasteiger charge is 2.43. The smallest absolute Gasteiger partial charge is 0.207 e. The van der Waals surface area contributed by atoms with Crippen LogP contribution < -0.4 is 0 Å². The maximum atomic E-state index is 12.1. The molecule has 1 heterocycles. The minimum atomic E-state index is -3.22. The number of sulfonamides is 1. The van der Waals surface area contributed by atoms with Crippen LogP contribution in [0.4, 0.5) is 0 Å². The minimum Gasteiger partial charge on any atom is -0.207 e. The molecule has 0 spiro atoms. The van der Waals surface area contributed by atoms with Crippen molar-refractivity contribution in [2.75, 3.05) is 6.54 Å². The summed E-state index contributed by atoms with van der Waals surface area (Å²) in [5, 5.41) is 0. The molecular formula is C12H17NO2S. The highest BCUT2D eigenvalue weighted by Crippen LogP contribution is 2.30. The predicted octanol–water partition coefficient (Wildman–Crippen LogP) is 2.17. The van der Waals surface area contributed by atoms with Crippen molar-refractivity contribution in [3.05, 3.63) is 29.8 Å². The van der Waals surface area contributed by atoms with Gasteiger partial charge in [-0.1, -0.05) is 31.0 Å². The molecule has 1 aliphatic rings. The van der Waals surface area contributed by atoms with Gasteiger partial charge in [0.2, 0.25) is 10.0 Å². The minimum absolute atomic E-state index is 0.233. The van der Waals surface area contributed by atoms with Gasteiger partial charge >= 0.3 is 0 Å². The molecule has 0 N–H and O–H groups in total. The first-order chi connectivity index (χ1) is 7.55. The van der Waals surface area contributed by atoms with E-state index in [1.165, 1.54) is 0 Å². The van der Waals surface area contributed by atoms with Gasteiger partial charge in [-0.2, -0.15) is 4.31 Å². The number of hydrogen-bond acceptors (Lipinski definition) is 2. The molecule has 1 unspecified atom stereocenters. The van der Waals surface area contributed by atoms with Gasteiger partial charge in [0.05, 0.1) is 4.90 Å². The van der Waals surface area contributed by atoms with Gasteiger partial charge in [0, 0.05) is 12.6 Å². The number of nitrogens with zero attached hydrogens (tertiary/aromatic N) is 1. The van der Waals surface area contributed by atoms with E-state index >= 15 is 0 Å². The Bertz CT molecular complexity index is 464.